The fraction of sp³-hybridized carbons (Fsp3) is 0.273. The van der Waals surface area contributed by atoms with Crippen molar-refractivity contribution in [3.8, 4) is 0 Å². The quantitative estimate of drug-likeness (QED) is 0.663. The largest absolute Gasteiger partial charge is 0.123 e. The van der Waals surface area contributed by atoms with Crippen LogP contribution >= 0.6 is 34.5 Å². The summed E-state index contributed by atoms with van der Waals surface area (Å²) < 4.78 is 2.12. The molecule has 0 fully saturated rings. The van der Waals surface area contributed by atoms with Gasteiger partial charge in [0.05, 0.1) is 10.2 Å². The van der Waals surface area contributed by atoms with Crippen LogP contribution in [-0.4, -0.2) is 0 Å². The van der Waals surface area contributed by atoms with E-state index in [-0.39, 0.29) is 0 Å². The number of aryl methyl sites for hydroxylation is 1. The molecule has 0 aliphatic carbocycles. The fourth-order valence-corrected chi connectivity index (χ4v) is 3.56. The van der Waals surface area contributed by atoms with Gasteiger partial charge in [0.2, 0.25) is 0 Å². The molecule has 0 amide bonds. The normalized spacial score (nSPS) is 11.1. The zero-order valence-electron chi connectivity index (χ0n) is 7.81. The van der Waals surface area contributed by atoms with E-state index in [9.17, 15) is 0 Å². The molecule has 0 radical (unpaired) electrons. The Kier molecular flexibility index (Phi) is 3.01. The third-order valence-corrected chi connectivity index (χ3v) is 4.20. The molecule has 0 unspecified atom stereocenters. The molecule has 0 bridgehead atoms. The molecule has 2 aromatic rings. The van der Waals surface area contributed by atoms with Crippen molar-refractivity contribution in [2.45, 2.75) is 19.2 Å². The van der Waals surface area contributed by atoms with Crippen LogP contribution in [0, 0.1) is 0 Å². The maximum absolute atomic E-state index is 6.13. The molecule has 14 heavy (non-hydrogen) atoms. The Balaban J connectivity index is 2.79. The van der Waals surface area contributed by atoms with Crippen LogP contribution in [0.1, 0.15) is 18.1 Å². The second-order valence-electron chi connectivity index (χ2n) is 3.14. The van der Waals surface area contributed by atoms with Gasteiger partial charge >= 0.3 is 0 Å². The average molecular weight is 245 g/mol. The van der Waals surface area contributed by atoms with E-state index in [4.69, 9.17) is 23.2 Å². The minimum Gasteiger partial charge on any atom is -0.123 e. The average Bonchev–Trinajstić information content (AvgIpc) is 2.52. The van der Waals surface area contributed by atoms with Crippen LogP contribution in [0.2, 0.25) is 4.34 Å². The third-order valence-electron chi connectivity index (χ3n) is 2.37. The first-order valence-electron chi connectivity index (χ1n) is 4.52. The minimum atomic E-state index is 0.492. The van der Waals surface area contributed by atoms with Gasteiger partial charge in [0.15, 0.2) is 0 Å². The molecule has 1 aromatic carbocycles. The zero-order chi connectivity index (χ0) is 10.1. The number of alkyl halides is 1. The smallest absolute Gasteiger partial charge is 0.0985 e. The predicted octanol–water partition coefficient (Wildman–Crippen LogP) is 4.86. The zero-order valence-corrected chi connectivity index (χ0v) is 10.1. The summed E-state index contributed by atoms with van der Waals surface area (Å²) in [7, 11) is 0. The highest BCUT2D eigenvalue weighted by Gasteiger charge is 2.11. The van der Waals surface area contributed by atoms with Gasteiger partial charge in [0, 0.05) is 10.3 Å². The summed E-state index contributed by atoms with van der Waals surface area (Å²) in [6, 6.07) is 6.31. The lowest BCUT2D eigenvalue weighted by atomic mass is 10.1. The highest BCUT2D eigenvalue weighted by atomic mass is 35.5. The van der Waals surface area contributed by atoms with Gasteiger partial charge in [-0.2, -0.15) is 0 Å². The lowest BCUT2D eigenvalue weighted by Crippen LogP contribution is -1.80. The number of rotatable bonds is 2. The van der Waals surface area contributed by atoms with Gasteiger partial charge in [-0.15, -0.1) is 22.9 Å². The van der Waals surface area contributed by atoms with Crippen molar-refractivity contribution in [3.63, 3.8) is 0 Å². The molecule has 2 rings (SSSR count). The van der Waals surface area contributed by atoms with Crippen LogP contribution in [0.15, 0.2) is 18.2 Å². The van der Waals surface area contributed by atoms with E-state index in [1.165, 1.54) is 15.6 Å². The number of halogens is 2. The van der Waals surface area contributed by atoms with E-state index >= 15 is 0 Å². The van der Waals surface area contributed by atoms with Gasteiger partial charge in [0.1, 0.15) is 0 Å². The van der Waals surface area contributed by atoms with E-state index < -0.39 is 0 Å². The highest BCUT2D eigenvalue weighted by Crippen LogP contribution is 2.37. The summed E-state index contributed by atoms with van der Waals surface area (Å²) >= 11 is 13.6. The Labute approximate surface area is 97.5 Å². The van der Waals surface area contributed by atoms with E-state index in [1.807, 2.05) is 0 Å². The minimum absolute atomic E-state index is 0.492. The van der Waals surface area contributed by atoms with Crippen LogP contribution in [0.3, 0.4) is 0 Å². The van der Waals surface area contributed by atoms with Gasteiger partial charge in [-0.1, -0.05) is 36.7 Å². The van der Waals surface area contributed by atoms with Crippen molar-refractivity contribution in [2.75, 3.05) is 0 Å². The summed E-state index contributed by atoms with van der Waals surface area (Å²) in [5, 5.41) is 1.22. The lowest BCUT2D eigenvalue weighted by Gasteiger charge is -1.98. The van der Waals surface area contributed by atoms with Crippen LogP contribution < -0.4 is 0 Å². The molecule has 0 saturated heterocycles. The molecule has 3 heteroatoms. The van der Waals surface area contributed by atoms with E-state index in [2.05, 4.69) is 25.1 Å². The summed E-state index contributed by atoms with van der Waals surface area (Å²) in [6.07, 6.45) is 1.04. The molecule has 1 aromatic heterocycles. The van der Waals surface area contributed by atoms with E-state index in [0.717, 1.165) is 16.3 Å². The summed E-state index contributed by atoms with van der Waals surface area (Å²) in [5.74, 6) is 0.492. The highest BCUT2D eigenvalue weighted by molar-refractivity contribution is 7.23. The van der Waals surface area contributed by atoms with Crippen LogP contribution in [-0.2, 0) is 12.3 Å². The summed E-state index contributed by atoms with van der Waals surface area (Å²) in [5.41, 5.74) is 2.43. The SMILES string of the molecule is CCc1cccc2c(CCl)c(Cl)sc12. The monoisotopic (exact) mass is 244 g/mol. The number of thiophene rings is 1. The van der Waals surface area contributed by atoms with Crippen molar-refractivity contribution in [2.24, 2.45) is 0 Å². The molecule has 0 nitrogen and oxygen atoms in total. The van der Waals surface area contributed by atoms with Crippen molar-refractivity contribution in [3.05, 3.63) is 33.7 Å². The Morgan fingerprint density at radius 2 is 2.14 bits per heavy atom. The van der Waals surface area contributed by atoms with E-state index in [0.29, 0.717) is 5.88 Å². The molecule has 0 N–H and O–H groups in total. The van der Waals surface area contributed by atoms with Crippen molar-refractivity contribution in [1.82, 2.24) is 0 Å². The third kappa shape index (κ3) is 1.54. The maximum Gasteiger partial charge on any atom is 0.0985 e. The standard InChI is InChI=1S/C11H10Cl2S/c1-2-7-4-3-5-8-9(6-12)11(13)14-10(7)8/h3-5H,2,6H2,1H3. The Bertz CT molecular complexity index is 460. The fourth-order valence-electron chi connectivity index (χ4n) is 1.60. The van der Waals surface area contributed by atoms with E-state index in [1.54, 1.807) is 11.3 Å². The van der Waals surface area contributed by atoms with Crippen molar-refractivity contribution < 1.29 is 0 Å². The van der Waals surface area contributed by atoms with Gasteiger partial charge in [-0.25, -0.2) is 0 Å². The second-order valence-corrected chi connectivity index (χ2v) is 5.03. The lowest BCUT2D eigenvalue weighted by molar-refractivity contribution is 1.16. The van der Waals surface area contributed by atoms with Crippen molar-refractivity contribution >= 4 is 44.6 Å². The molecule has 74 valence electrons. The predicted molar refractivity (Wildman–Crippen MR) is 65.8 cm³/mol. The first-order valence-corrected chi connectivity index (χ1v) is 6.25. The van der Waals surface area contributed by atoms with Crippen molar-refractivity contribution in [1.29, 1.82) is 0 Å². The molecule has 0 spiro atoms. The topological polar surface area (TPSA) is 0 Å². The number of hydrogen-bond donors (Lipinski definition) is 0. The Morgan fingerprint density at radius 1 is 1.36 bits per heavy atom. The Hall–Kier alpha value is -0.240. The summed E-state index contributed by atoms with van der Waals surface area (Å²) in [6.45, 7) is 2.16. The Morgan fingerprint density at radius 3 is 2.79 bits per heavy atom. The number of benzene rings is 1. The number of fused-ring (bicyclic) bond motifs is 1. The van der Waals surface area contributed by atoms with Gasteiger partial charge < -0.3 is 0 Å². The maximum atomic E-state index is 6.13. The van der Waals surface area contributed by atoms with Crippen LogP contribution in [0.5, 0.6) is 0 Å². The number of hydrogen-bond acceptors (Lipinski definition) is 1. The first-order chi connectivity index (χ1) is 6.77. The van der Waals surface area contributed by atoms with Gasteiger partial charge in [0.25, 0.3) is 0 Å². The second kappa shape index (κ2) is 4.09. The molecular formula is C11H10Cl2S. The molecule has 0 atom stereocenters. The van der Waals surface area contributed by atoms with Gasteiger partial charge in [-0.05, 0) is 17.4 Å². The first kappa shape index (κ1) is 10.3. The van der Waals surface area contributed by atoms with Crippen LogP contribution in [0.25, 0.3) is 10.1 Å². The summed E-state index contributed by atoms with van der Waals surface area (Å²) in [4.78, 5) is 0. The molecular weight excluding hydrogens is 235 g/mol. The molecule has 0 aliphatic rings. The molecule has 0 saturated carbocycles. The molecule has 0 aliphatic heterocycles. The molecule has 1 heterocycles. The van der Waals surface area contributed by atoms with Gasteiger partial charge in [-0.3, -0.25) is 0 Å². The van der Waals surface area contributed by atoms with Crippen LogP contribution in [0.4, 0.5) is 0 Å².